The molecule has 36 heavy (non-hydrogen) atoms. The van der Waals surface area contributed by atoms with E-state index in [9.17, 15) is 18.0 Å². The molecule has 1 atom stereocenters. The maximum Gasteiger partial charge on any atom is 0.244 e. The van der Waals surface area contributed by atoms with Crippen LogP contribution in [0.25, 0.3) is 0 Å². The molecule has 0 unspecified atom stereocenters. The Bertz CT molecular complexity index is 1180. The molecule has 7 nitrogen and oxygen atoms in total. The van der Waals surface area contributed by atoms with Gasteiger partial charge in [0.2, 0.25) is 21.8 Å². The zero-order valence-corrected chi connectivity index (χ0v) is 23.2. The van der Waals surface area contributed by atoms with E-state index in [1.807, 2.05) is 31.2 Å². The summed E-state index contributed by atoms with van der Waals surface area (Å²) >= 11 is 12.2. The van der Waals surface area contributed by atoms with Crippen molar-refractivity contribution in [2.75, 3.05) is 17.1 Å². The average Bonchev–Trinajstić information content (AvgIpc) is 2.79. The van der Waals surface area contributed by atoms with Gasteiger partial charge in [-0.2, -0.15) is 0 Å². The summed E-state index contributed by atoms with van der Waals surface area (Å²) in [5.74, 6) is -0.760. The highest BCUT2D eigenvalue weighted by atomic mass is 35.5. The van der Waals surface area contributed by atoms with Crippen molar-refractivity contribution >= 4 is 50.7 Å². The second-order valence-electron chi connectivity index (χ2n) is 9.43. The minimum atomic E-state index is -3.86. The molecule has 196 valence electrons. The fraction of sp³-hybridized carbons (Fsp3) is 0.462. The number of hydrogen-bond acceptors (Lipinski definition) is 4. The van der Waals surface area contributed by atoms with E-state index in [4.69, 9.17) is 23.2 Å². The molecule has 2 amide bonds. The highest BCUT2D eigenvalue weighted by molar-refractivity contribution is 7.92. The molecule has 1 N–H and O–H groups in total. The summed E-state index contributed by atoms with van der Waals surface area (Å²) in [4.78, 5) is 28.3. The number of nitrogens with zero attached hydrogens (tertiary/aromatic N) is 2. The third kappa shape index (κ3) is 7.85. The lowest BCUT2D eigenvalue weighted by Gasteiger charge is -2.33. The molecule has 1 aliphatic rings. The van der Waals surface area contributed by atoms with Crippen molar-refractivity contribution in [1.82, 2.24) is 10.2 Å². The van der Waals surface area contributed by atoms with Crippen LogP contribution in [0.15, 0.2) is 42.5 Å². The largest absolute Gasteiger partial charge is 0.352 e. The third-order valence-corrected chi connectivity index (χ3v) is 7.95. The Morgan fingerprint density at radius 3 is 2.28 bits per heavy atom. The van der Waals surface area contributed by atoms with Crippen molar-refractivity contribution in [3.05, 3.63) is 63.6 Å². The number of sulfonamides is 1. The number of carbonyl (C=O) groups excluding carboxylic acids is 2. The predicted molar refractivity (Wildman–Crippen MR) is 145 cm³/mol. The van der Waals surface area contributed by atoms with Crippen LogP contribution in [0.5, 0.6) is 0 Å². The molecule has 0 saturated heterocycles. The lowest BCUT2D eigenvalue weighted by molar-refractivity contribution is -0.139. The summed E-state index contributed by atoms with van der Waals surface area (Å²) in [7, 11) is -3.86. The van der Waals surface area contributed by atoms with Gasteiger partial charge in [0.25, 0.3) is 0 Å². The molecule has 3 rings (SSSR count). The normalized spacial score (nSPS) is 15.2. The monoisotopic (exact) mass is 553 g/mol. The van der Waals surface area contributed by atoms with Crippen LogP contribution in [0.2, 0.25) is 10.0 Å². The topological polar surface area (TPSA) is 86.8 Å². The summed E-state index contributed by atoms with van der Waals surface area (Å²) in [5, 5.41) is 3.57. The molecule has 1 fully saturated rings. The zero-order valence-electron chi connectivity index (χ0n) is 20.8. The van der Waals surface area contributed by atoms with Crippen molar-refractivity contribution in [3.63, 3.8) is 0 Å². The minimum Gasteiger partial charge on any atom is -0.352 e. The molecule has 0 bridgehead atoms. The number of aryl methyl sites for hydroxylation is 1. The Kier molecular flexibility index (Phi) is 9.66. The number of rotatable bonds is 9. The van der Waals surface area contributed by atoms with E-state index in [1.165, 1.54) is 23.1 Å². The Balaban J connectivity index is 1.89. The number of hydrogen-bond donors (Lipinski definition) is 1. The van der Waals surface area contributed by atoms with Crippen LogP contribution in [0.4, 0.5) is 5.69 Å². The van der Waals surface area contributed by atoms with E-state index >= 15 is 0 Å². The molecular formula is C26H33Cl2N3O4S. The molecule has 0 heterocycles. The first-order valence-electron chi connectivity index (χ1n) is 12.0. The van der Waals surface area contributed by atoms with Gasteiger partial charge < -0.3 is 10.2 Å². The highest BCUT2D eigenvalue weighted by Crippen LogP contribution is 2.27. The van der Waals surface area contributed by atoms with E-state index in [0.717, 1.165) is 53.8 Å². The molecule has 1 aliphatic carbocycles. The Morgan fingerprint density at radius 1 is 1.06 bits per heavy atom. The Hall–Kier alpha value is -2.29. The number of nitrogens with one attached hydrogen (secondary N) is 1. The van der Waals surface area contributed by atoms with E-state index in [0.29, 0.717) is 0 Å². The summed E-state index contributed by atoms with van der Waals surface area (Å²) in [6.45, 7) is 3.28. The molecule has 1 saturated carbocycles. The van der Waals surface area contributed by atoms with Crippen LogP contribution in [0, 0.1) is 6.92 Å². The van der Waals surface area contributed by atoms with Crippen molar-refractivity contribution in [3.8, 4) is 0 Å². The Labute approximate surface area is 223 Å². The molecule has 2 aromatic carbocycles. The SMILES string of the molecule is Cc1cccc(CN(C(=O)CN(c2cc(Cl)cc(Cl)c2)S(C)(=O)=O)[C@H](C)C(=O)NC2CCCCC2)c1. The van der Waals surface area contributed by atoms with Crippen LogP contribution in [-0.2, 0) is 26.2 Å². The van der Waals surface area contributed by atoms with Crippen molar-refractivity contribution in [2.45, 2.75) is 64.6 Å². The van der Waals surface area contributed by atoms with Crippen LogP contribution in [0.1, 0.15) is 50.2 Å². The second kappa shape index (κ2) is 12.3. The van der Waals surface area contributed by atoms with Gasteiger partial charge in [-0.05, 0) is 50.5 Å². The summed E-state index contributed by atoms with van der Waals surface area (Å²) in [6, 6.07) is 11.3. The lowest BCUT2D eigenvalue weighted by Crippen LogP contribution is -2.53. The molecular weight excluding hydrogens is 521 g/mol. The zero-order chi connectivity index (χ0) is 26.5. The third-order valence-electron chi connectivity index (χ3n) is 6.37. The van der Waals surface area contributed by atoms with E-state index < -0.39 is 28.5 Å². The average molecular weight is 555 g/mol. The van der Waals surface area contributed by atoms with Gasteiger partial charge in [0.1, 0.15) is 12.6 Å². The number of benzene rings is 2. The number of halogens is 2. The molecule has 0 radical (unpaired) electrons. The minimum absolute atomic E-state index is 0.0887. The molecule has 0 spiro atoms. The first kappa shape index (κ1) is 28.3. The van der Waals surface area contributed by atoms with Crippen LogP contribution < -0.4 is 9.62 Å². The van der Waals surface area contributed by atoms with Gasteiger partial charge >= 0.3 is 0 Å². The fourth-order valence-electron chi connectivity index (χ4n) is 4.46. The van der Waals surface area contributed by atoms with Crippen LogP contribution in [-0.4, -0.2) is 50.0 Å². The predicted octanol–water partition coefficient (Wildman–Crippen LogP) is 4.93. The van der Waals surface area contributed by atoms with Crippen molar-refractivity contribution < 1.29 is 18.0 Å². The van der Waals surface area contributed by atoms with Gasteiger partial charge in [0, 0.05) is 22.6 Å². The number of amides is 2. The van der Waals surface area contributed by atoms with Gasteiger partial charge in [-0.1, -0.05) is 72.3 Å². The number of carbonyl (C=O) groups is 2. The maximum atomic E-state index is 13.6. The molecule has 0 aromatic heterocycles. The second-order valence-corrected chi connectivity index (χ2v) is 12.2. The quantitative estimate of drug-likeness (QED) is 0.476. The highest BCUT2D eigenvalue weighted by Gasteiger charge is 2.31. The first-order valence-corrected chi connectivity index (χ1v) is 14.6. The number of anilines is 1. The van der Waals surface area contributed by atoms with Crippen LogP contribution >= 0.6 is 23.2 Å². The summed E-state index contributed by atoms with van der Waals surface area (Å²) < 4.78 is 26.3. The first-order chi connectivity index (χ1) is 16.9. The van der Waals surface area contributed by atoms with E-state index in [1.54, 1.807) is 6.92 Å². The van der Waals surface area contributed by atoms with Crippen molar-refractivity contribution in [2.24, 2.45) is 0 Å². The summed E-state index contributed by atoms with van der Waals surface area (Å²) in [5.41, 5.74) is 2.04. The van der Waals surface area contributed by atoms with Crippen molar-refractivity contribution in [1.29, 1.82) is 0 Å². The molecule has 0 aliphatic heterocycles. The summed E-state index contributed by atoms with van der Waals surface area (Å²) in [6.07, 6.45) is 6.14. The van der Waals surface area contributed by atoms with Gasteiger partial charge in [0.15, 0.2) is 0 Å². The maximum absolute atomic E-state index is 13.6. The van der Waals surface area contributed by atoms with Gasteiger partial charge in [0.05, 0.1) is 11.9 Å². The van der Waals surface area contributed by atoms with E-state index in [2.05, 4.69) is 5.32 Å². The molecule has 2 aromatic rings. The fourth-order valence-corrected chi connectivity index (χ4v) is 5.80. The van der Waals surface area contributed by atoms with Gasteiger partial charge in [-0.3, -0.25) is 13.9 Å². The van der Waals surface area contributed by atoms with E-state index in [-0.39, 0.29) is 34.2 Å². The van der Waals surface area contributed by atoms with Gasteiger partial charge in [-0.15, -0.1) is 0 Å². The standard InChI is InChI=1S/C26H33Cl2N3O4S/c1-18-8-7-9-20(12-18)16-30(19(2)26(33)29-23-10-5-4-6-11-23)25(32)17-31(36(3,34)35)24-14-21(27)13-22(28)15-24/h7-9,12-15,19,23H,4-6,10-11,16-17H2,1-3H3,(H,29,33)/t19-/m1/s1. The van der Waals surface area contributed by atoms with Gasteiger partial charge in [-0.25, -0.2) is 8.42 Å². The van der Waals surface area contributed by atoms with Crippen LogP contribution in [0.3, 0.4) is 0 Å². The lowest BCUT2D eigenvalue weighted by atomic mass is 9.95. The molecule has 10 heteroatoms. The smallest absolute Gasteiger partial charge is 0.244 e. The Morgan fingerprint density at radius 2 is 1.69 bits per heavy atom.